The number of piperazine rings is 1. The molecule has 0 spiro atoms. The second kappa shape index (κ2) is 9.26. The third kappa shape index (κ3) is 4.98. The van der Waals surface area contributed by atoms with Crippen molar-refractivity contribution in [1.82, 2.24) is 9.80 Å². The molecule has 2 aromatic carbocycles. The molecule has 0 saturated carbocycles. The number of piperidine rings is 1. The van der Waals surface area contributed by atoms with Crippen LogP contribution in [0.3, 0.4) is 0 Å². The molecule has 2 saturated heterocycles. The molecule has 0 atom stereocenters. The van der Waals surface area contributed by atoms with Crippen molar-refractivity contribution < 1.29 is 9.18 Å². The van der Waals surface area contributed by atoms with E-state index in [1.54, 1.807) is 6.07 Å². The Hall–Kier alpha value is -1.92. The second-order valence-corrected chi connectivity index (χ2v) is 8.86. The molecule has 0 aromatic heterocycles. The van der Waals surface area contributed by atoms with E-state index in [-0.39, 0.29) is 17.6 Å². The van der Waals surface area contributed by atoms with Crippen molar-refractivity contribution in [3.8, 4) is 0 Å². The average Bonchev–Trinajstić information content (AvgIpc) is 2.74. The van der Waals surface area contributed by atoms with Gasteiger partial charge in [0.25, 0.3) is 0 Å². The fraction of sp³-hybridized carbons (Fsp3) is 0.435. The summed E-state index contributed by atoms with van der Waals surface area (Å²) < 4.78 is 15.1. The van der Waals surface area contributed by atoms with Gasteiger partial charge in [-0.2, -0.15) is 0 Å². The van der Waals surface area contributed by atoms with E-state index < -0.39 is 0 Å². The molecule has 29 heavy (non-hydrogen) atoms. The Kier molecular flexibility index (Phi) is 6.50. The molecule has 2 aliphatic heterocycles. The highest BCUT2D eigenvalue weighted by Crippen LogP contribution is 2.24. The monoisotopic (exact) mass is 459 g/mol. The van der Waals surface area contributed by atoms with Crippen molar-refractivity contribution in [2.75, 3.05) is 44.2 Å². The van der Waals surface area contributed by atoms with Crippen molar-refractivity contribution in [3.63, 3.8) is 0 Å². The van der Waals surface area contributed by atoms with Crippen LogP contribution in [0.25, 0.3) is 0 Å². The third-order valence-electron chi connectivity index (χ3n) is 6.02. The van der Waals surface area contributed by atoms with E-state index in [0.29, 0.717) is 31.9 Å². The van der Waals surface area contributed by atoms with Gasteiger partial charge in [0.2, 0.25) is 5.91 Å². The fourth-order valence-electron chi connectivity index (χ4n) is 4.37. The first-order valence-corrected chi connectivity index (χ1v) is 11.1. The Labute approximate surface area is 180 Å². The number of anilines is 1. The van der Waals surface area contributed by atoms with Crippen LogP contribution in [0.5, 0.6) is 0 Å². The quantitative estimate of drug-likeness (QED) is 0.686. The molecule has 0 N–H and O–H groups in total. The SMILES string of the molecule is O=C(C1CCN(Cc2cccc(Br)c2)CC1)N1CCN(c2ccccc2F)CC1. The van der Waals surface area contributed by atoms with Crippen LogP contribution in [0.2, 0.25) is 0 Å². The number of carbonyl (C=O) groups excluding carboxylic acids is 1. The van der Waals surface area contributed by atoms with Crippen LogP contribution in [0.15, 0.2) is 53.0 Å². The van der Waals surface area contributed by atoms with Gasteiger partial charge in [-0.1, -0.05) is 40.2 Å². The van der Waals surface area contributed by atoms with E-state index in [4.69, 9.17) is 0 Å². The maximum absolute atomic E-state index is 14.0. The molecule has 0 unspecified atom stereocenters. The zero-order valence-corrected chi connectivity index (χ0v) is 18.2. The number of hydrogen-bond donors (Lipinski definition) is 0. The van der Waals surface area contributed by atoms with Crippen molar-refractivity contribution >= 4 is 27.5 Å². The summed E-state index contributed by atoms with van der Waals surface area (Å²) in [5.74, 6) is 0.208. The van der Waals surface area contributed by atoms with Crippen LogP contribution in [0, 0.1) is 11.7 Å². The van der Waals surface area contributed by atoms with E-state index in [1.807, 2.05) is 28.0 Å². The lowest BCUT2D eigenvalue weighted by atomic mass is 9.94. The second-order valence-electron chi connectivity index (χ2n) is 7.94. The van der Waals surface area contributed by atoms with Gasteiger partial charge in [-0.15, -0.1) is 0 Å². The Morgan fingerprint density at radius 2 is 1.69 bits per heavy atom. The van der Waals surface area contributed by atoms with E-state index in [1.165, 1.54) is 11.6 Å². The standard InChI is InChI=1S/C23H27BrFN3O/c24-20-5-3-4-18(16-20)17-26-10-8-19(9-11-26)23(29)28-14-12-27(13-15-28)22-7-2-1-6-21(22)25/h1-7,16,19H,8-15,17H2. The van der Waals surface area contributed by atoms with Crippen molar-refractivity contribution in [2.45, 2.75) is 19.4 Å². The number of para-hydroxylation sites is 1. The molecule has 154 valence electrons. The predicted molar refractivity (Wildman–Crippen MR) is 117 cm³/mol. The van der Waals surface area contributed by atoms with Crippen molar-refractivity contribution in [2.24, 2.45) is 5.92 Å². The highest BCUT2D eigenvalue weighted by atomic mass is 79.9. The lowest BCUT2D eigenvalue weighted by Crippen LogP contribution is -2.51. The highest BCUT2D eigenvalue weighted by molar-refractivity contribution is 9.10. The molecule has 2 aromatic rings. The smallest absolute Gasteiger partial charge is 0.225 e. The topological polar surface area (TPSA) is 26.8 Å². The molecule has 4 nitrogen and oxygen atoms in total. The first kappa shape index (κ1) is 20.4. The van der Waals surface area contributed by atoms with Crippen LogP contribution in [-0.2, 0) is 11.3 Å². The average molecular weight is 460 g/mol. The van der Waals surface area contributed by atoms with Gasteiger partial charge in [0.05, 0.1) is 5.69 Å². The fourth-order valence-corrected chi connectivity index (χ4v) is 4.81. The molecule has 2 heterocycles. The molecule has 0 radical (unpaired) electrons. The number of nitrogens with zero attached hydrogens (tertiary/aromatic N) is 3. The Bertz CT molecular complexity index is 846. The Morgan fingerprint density at radius 1 is 0.966 bits per heavy atom. The minimum atomic E-state index is -0.190. The first-order valence-electron chi connectivity index (χ1n) is 10.4. The van der Waals surface area contributed by atoms with E-state index in [9.17, 15) is 9.18 Å². The number of rotatable bonds is 4. The zero-order chi connectivity index (χ0) is 20.2. The van der Waals surface area contributed by atoms with Crippen LogP contribution < -0.4 is 4.90 Å². The maximum atomic E-state index is 14.0. The number of amides is 1. The number of likely N-dealkylation sites (tertiary alicyclic amines) is 1. The van der Waals surface area contributed by atoms with Crippen molar-refractivity contribution in [1.29, 1.82) is 0 Å². The molecule has 6 heteroatoms. The predicted octanol–water partition coefficient (Wildman–Crippen LogP) is 4.15. The minimum Gasteiger partial charge on any atom is -0.366 e. The summed E-state index contributed by atoms with van der Waals surface area (Å²) in [5.41, 5.74) is 1.94. The molecule has 0 aliphatic carbocycles. The summed E-state index contributed by atoms with van der Waals surface area (Å²) in [4.78, 5) is 19.4. The molecule has 1 amide bonds. The van der Waals surface area contributed by atoms with Gasteiger partial charge in [-0.25, -0.2) is 4.39 Å². The molecule has 0 bridgehead atoms. The van der Waals surface area contributed by atoms with Crippen LogP contribution >= 0.6 is 15.9 Å². The summed E-state index contributed by atoms with van der Waals surface area (Å²) >= 11 is 3.53. The van der Waals surface area contributed by atoms with E-state index >= 15 is 0 Å². The number of halogens is 2. The third-order valence-corrected chi connectivity index (χ3v) is 6.51. The summed E-state index contributed by atoms with van der Waals surface area (Å²) in [6.45, 7) is 5.57. The molecule has 2 aliphatic rings. The molecular weight excluding hydrogens is 433 g/mol. The molecular formula is C23H27BrFN3O. The molecule has 2 fully saturated rings. The summed E-state index contributed by atoms with van der Waals surface area (Å²) in [6.07, 6.45) is 1.83. The summed E-state index contributed by atoms with van der Waals surface area (Å²) in [5, 5.41) is 0. The van der Waals surface area contributed by atoms with Gasteiger partial charge in [-0.3, -0.25) is 9.69 Å². The highest BCUT2D eigenvalue weighted by Gasteiger charge is 2.30. The molecule has 4 rings (SSSR count). The van der Waals surface area contributed by atoms with Crippen LogP contribution in [0.4, 0.5) is 10.1 Å². The summed E-state index contributed by atoms with van der Waals surface area (Å²) in [6, 6.07) is 15.3. The maximum Gasteiger partial charge on any atom is 0.225 e. The van der Waals surface area contributed by atoms with Gasteiger partial charge in [-0.05, 0) is 55.8 Å². The normalized spacial score (nSPS) is 18.8. The first-order chi connectivity index (χ1) is 14.1. The van der Waals surface area contributed by atoms with Gasteiger partial charge < -0.3 is 9.80 Å². The van der Waals surface area contributed by atoms with E-state index in [2.05, 4.69) is 39.0 Å². The lowest BCUT2D eigenvalue weighted by molar-refractivity contribution is -0.137. The number of hydrogen-bond acceptors (Lipinski definition) is 3. The van der Waals surface area contributed by atoms with Crippen LogP contribution in [-0.4, -0.2) is 55.0 Å². The van der Waals surface area contributed by atoms with Crippen molar-refractivity contribution in [3.05, 3.63) is 64.4 Å². The van der Waals surface area contributed by atoms with E-state index in [0.717, 1.165) is 36.9 Å². The summed E-state index contributed by atoms with van der Waals surface area (Å²) in [7, 11) is 0. The van der Waals surface area contributed by atoms with Gasteiger partial charge in [0.15, 0.2) is 0 Å². The number of benzene rings is 2. The Morgan fingerprint density at radius 3 is 2.38 bits per heavy atom. The Balaban J connectivity index is 1.25. The number of carbonyl (C=O) groups is 1. The minimum absolute atomic E-state index is 0.119. The lowest BCUT2D eigenvalue weighted by Gasteiger charge is -2.39. The van der Waals surface area contributed by atoms with Gasteiger partial charge in [0.1, 0.15) is 5.82 Å². The van der Waals surface area contributed by atoms with Gasteiger partial charge in [0, 0.05) is 43.1 Å². The zero-order valence-electron chi connectivity index (χ0n) is 16.6. The van der Waals surface area contributed by atoms with Crippen LogP contribution in [0.1, 0.15) is 18.4 Å². The largest absolute Gasteiger partial charge is 0.366 e. The van der Waals surface area contributed by atoms with Gasteiger partial charge >= 0.3 is 0 Å².